The molecule has 9 nitrogen and oxygen atoms in total. The molecule has 4 amide bonds. The lowest BCUT2D eigenvalue weighted by Gasteiger charge is -2.43. The van der Waals surface area contributed by atoms with Crippen molar-refractivity contribution in [1.29, 1.82) is 0 Å². The van der Waals surface area contributed by atoms with E-state index in [0.29, 0.717) is 26.2 Å². The van der Waals surface area contributed by atoms with Gasteiger partial charge in [-0.1, -0.05) is 59.9 Å². The van der Waals surface area contributed by atoms with Crippen molar-refractivity contribution in [3.8, 4) is 11.8 Å². The highest BCUT2D eigenvalue weighted by molar-refractivity contribution is 5.83. The number of alkyl carbamates (subject to hydrolysis) is 1. The quantitative estimate of drug-likeness (QED) is 0.528. The maximum Gasteiger partial charge on any atom is 0.408 e. The average Bonchev–Trinajstić information content (AvgIpc) is 2.99. The number of fused-ring (bicyclic) bond motifs is 1. The van der Waals surface area contributed by atoms with E-state index >= 15 is 0 Å². The smallest absolute Gasteiger partial charge is 0.408 e. The predicted octanol–water partition coefficient (Wildman–Crippen LogP) is 4.17. The summed E-state index contributed by atoms with van der Waals surface area (Å²) in [7, 11) is 0. The zero-order valence-electron chi connectivity index (χ0n) is 25.2. The SMILES string of the molecule is CC(C)(C)OC(=O)NCC#Cc1cccc(C(=C2CCN(C(=O)N3CC[C@@H]4OCC(=O)N[C@@H]4C3)CC2)c2ccccc2)c1. The summed E-state index contributed by atoms with van der Waals surface area (Å²) in [5, 5.41) is 5.65. The van der Waals surface area contributed by atoms with E-state index in [1.807, 2.05) is 60.9 Å². The van der Waals surface area contributed by atoms with Gasteiger partial charge in [0.05, 0.1) is 18.7 Å². The zero-order chi connectivity index (χ0) is 30.4. The normalized spacial score (nSPS) is 20.3. The molecule has 226 valence electrons. The van der Waals surface area contributed by atoms with Gasteiger partial charge in [0.1, 0.15) is 12.2 Å². The lowest BCUT2D eigenvalue weighted by atomic mass is 9.88. The predicted molar refractivity (Wildman–Crippen MR) is 164 cm³/mol. The number of likely N-dealkylation sites (tertiary alicyclic amines) is 2. The molecule has 0 aromatic heterocycles. The molecule has 5 rings (SSSR count). The Hall–Kier alpha value is -4.29. The van der Waals surface area contributed by atoms with Crippen LogP contribution in [0.25, 0.3) is 5.57 Å². The summed E-state index contributed by atoms with van der Waals surface area (Å²) < 4.78 is 10.9. The van der Waals surface area contributed by atoms with Gasteiger partial charge in [0.2, 0.25) is 5.91 Å². The minimum absolute atomic E-state index is 0.0206. The van der Waals surface area contributed by atoms with Gasteiger partial charge in [-0.15, -0.1) is 0 Å². The largest absolute Gasteiger partial charge is 0.444 e. The molecule has 0 bridgehead atoms. The number of rotatable bonds is 3. The second-order valence-corrected chi connectivity index (χ2v) is 12.1. The molecule has 2 aromatic rings. The van der Waals surface area contributed by atoms with E-state index in [9.17, 15) is 14.4 Å². The first-order valence-electron chi connectivity index (χ1n) is 14.9. The summed E-state index contributed by atoms with van der Waals surface area (Å²) >= 11 is 0. The van der Waals surface area contributed by atoms with Gasteiger partial charge in [0.25, 0.3) is 0 Å². The number of amides is 4. The van der Waals surface area contributed by atoms with Crippen molar-refractivity contribution in [2.24, 2.45) is 0 Å². The minimum atomic E-state index is -0.558. The summed E-state index contributed by atoms with van der Waals surface area (Å²) in [6.07, 6.45) is 1.75. The van der Waals surface area contributed by atoms with Crippen LogP contribution in [-0.4, -0.2) is 84.9 Å². The van der Waals surface area contributed by atoms with Gasteiger partial charge in [0, 0.05) is 31.7 Å². The Morgan fingerprint density at radius 3 is 2.51 bits per heavy atom. The Morgan fingerprint density at radius 1 is 1.02 bits per heavy atom. The topological polar surface area (TPSA) is 100 Å². The van der Waals surface area contributed by atoms with E-state index < -0.39 is 11.7 Å². The van der Waals surface area contributed by atoms with Gasteiger partial charge < -0.3 is 29.9 Å². The molecule has 2 N–H and O–H groups in total. The number of hydrogen-bond donors (Lipinski definition) is 2. The summed E-state index contributed by atoms with van der Waals surface area (Å²) in [5.74, 6) is 6.05. The number of benzene rings is 2. The molecular formula is C34H40N4O5. The lowest BCUT2D eigenvalue weighted by molar-refractivity contribution is -0.139. The molecule has 43 heavy (non-hydrogen) atoms. The molecule has 9 heteroatoms. The fourth-order valence-corrected chi connectivity index (χ4v) is 5.80. The van der Waals surface area contributed by atoms with Crippen LogP contribution in [0.15, 0.2) is 60.2 Å². The Balaban J connectivity index is 1.28. The van der Waals surface area contributed by atoms with Gasteiger partial charge in [-0.25, -0.2) is 9.59 Å². The summed E-state index contributed by atoms with van der Waals surface area (Å²) in [6.45, 7) is 8.12. The van der Waals surface area contributed by atoms with Crippen LogP contribution in [0.3, 0.4) is 0 Å². The van der Waals surface area contributed by atoms with Crippen LogP contribution in [-0.2, 0) is 14.3 Å². The van der Waals surface area contributed by atoms with Crippen molar-refractivity contribution < 1.29 is 23.9 Å². The number of urea groups is 1. The van der Waals surface area contributed by atoms with E-state index in [1.165, 1.54) is 11.1 Å². The molecule has 3 heterocycles. The standard InChI is InChI=1S/C34H40N4O5/c1-34(2,3)43-32(40)35-17-8-10-24-9-7-13-27(21-24)31(25-11-5-4-6-12-25)26-14-18-37(19-15-26)33(41)38-20-16-29-28(22-38)36-30(39)23-42-29/h4-7,9,11-13,21,28-29H,14-20,22-23H2,1-3H3,(H,35,40)(H,36,39)/t28-,29+/m1/s1. The molecule has 2 aromatic carbocycles. The molecular weight excluding hydrogens is 544 g/mol. The monoisotopic (exact) mass is 584 g/mol. The van der Waals surface area contributed by atoms with Crippen LogP contribution in [0.4, 0.5) is 9.59 Å². The number of morpholine rings is 1. The van der Waals surface area contributed by atoms with Gasteiger partial charge >= 0.3 is 12.1 Å². The number of hydrogen-bond acceptors (Lipinski definition) is 5. The van der Waals surface area contributed by atoms with Crippen LogP contribution in [0, 0.1) is 11.8 Å². The Kier molecular flexibility index (Phi) is 9.37. The zero-order valence-corrected chi connectivity index (χ0v) is 25.2. The van der Waals surface area contributed by atoms with E-state index in [0.717, 1.165) is 36.0 Å². The third-order valence-corrected chi connectivity index (χ3v) is 7.75. The van der Waals surface area contributed by atoms with E-state index in [2.05, 4.69) is 46.7 Å². The Bertz CT molecular complexity index is 1430. The first-order valence-corrected chi connectivity index (χ1v) is 14.9. The molecule has 0 saturated carbocycles. The second kappa shape index (κ2) is 13.3. The van der Waals surface area contributed by atoms with Crippen molar-refractivity contribution in [3.63, 3.8) is 0 Å². The highest BCUT2D eigenvalue weighted by Crippen LogP contribution is 2.33. The van der Waals surface area contributed by atoms with Gasteiger partial charge in [-0.05, 0) is 68.9 Å². The number of carbonyl (C=O) groups is 3. The van der Waals surface area contributed by atoms with Crippen molar-refractivity contribution >= 4 is 23.6 Å². The Labute approximate surface area is 253 Å². The van der Waals surface area contributed by atoms with Crippen LogP contribution in [0.1, 0.15) is 56.7 Å². The van der Waals surface area contributed by atoms with Gasteiger partial charge in [-0.2, -0.15) is 0 Å². The number of nitrogens with one attached hydrogen (secondary N) is 2. The highest BCUT2D eigenvalue weighted by atomic mass is 16.6. The number of ether oxygens (including phenoxy) is 2. The van der Waals surface area contributed by atoms with Crippen LogP contribution in [0.2, 0.25) is 0 Å². The minimum Gasteiger partial charge on any atom is -0.444 e. The van der Waals surface area contributed by atoms with Gasteiger partial charge in [-0.3, -0.25) is 4.79 Å². The van der Waals surface area contributed by atoms with E-state index in [-0.39, 0.29) is 37.2 Å². The molecule has 3 saturated heterocycles. The van der Waals surface area contributed by atoms with Crippen molar-refractivity contribution in [2.45, 2.75) is 57.8 Å². The van der Waals surface area contributed by atoms with Gasteiger partial charge in [0.15, 0.2) is 0 Å². The molecule has 3 aliphatic heterocycles. The fraction of sp³-hybridized carbons (Fsp3) is 0.441. The molecule has 3 fully saturated rings. The first kappa shape index (κ1) is 30.2. The molecule has 2 atom stereocenters. The van der Waals surface area contributed by atoms with E-state index in [1.54, 1.807) is 0 Å². The maximum absolute atomic E-state index is 13.4. The molecule has 3 aliphatic rings. The second-order valence-electron chi connectivity index (χ2n) is 12.1. The molecule has 0 unspecified atom stereocenters. The average molecular weight is 585 g/mol. The third kappa shape index (κ3) is 7.96. The van der Waals surface area contributed by atoms with Crippen LogP contribution >= 0.6 is 0 Å². The lowest BCUT2D eigenvalue weighted by Crippen LogP contribution is -2.62. The van der Waals surface area contributed by atoms with Crippen molar-refractivity contribution in [2.75, 3.05) is 39.3 Å². The highest BCUT2D eigenvalue weighted by Gasteiger charge is 2.37. The molecule has 0 aliphatic carbocycles. The Morgan fingerprint density at radius 2 is 1.77 bits per heavy atom. The first-order chi connectivity index (χ1) is 20.7. The summed E-state index contributed by atoms with van der Waals surface area (Å²) in [5.41, 5.74) is 4.97. The van der Waals surface area contributed by atoms with Crippen molar-refractivity contribution in [3.05, 3.63) is 76.9 Å². The fourth-order valence-electron chi connectivity index (χ4n) is 5.80. The maximum atomic E-state index is 13.4. The number of carbonyl (C=O) groups excluding carboxylic acids is 3. The number of nitrogens with zero attached hydrogens (tertiary/aromatic N) is 2. The summed E-state index contributed by atoms with van der Waals surface area (Å²) in [4.78, 5) is 40.9. The van der Waals surface area contributed by atoms with Crippen LogP contribution < -0.4 is 10.6 Å². The van der Waals surface area contributed by atoms with Crippen molar-refractivity contribution in [1.82, 2.24) is 20.4 Å². The number of piperidine rings is 2. The molecule has 0 spiro atoms. The van der Waals surface area contributed by atoms with E-state index in [4.69, 9.17) is 9.47 Å². The summed E-state index contributed by atoms with van der Waals surface area (Å²) in [6, 6.07) is 18.3. The molecule has 0 radical (unpaired) electrons. The third-order valence-electron chi connectivity index (χ3n) is 7.75. The van der Waals surface area contributed by atoms with Crippen LogP contribution in [0.5, 0.6) is 0 Å².